The summed E-state index contributed by atoms with van der Waals surface area (Å²) in [7, 11) is 0. The Morgan fingerprint density at radius 3 is 2.82 bits per heavy atom. The molecule has 17 heavy (non-hydrogen) atoms. The maximum absolute atomic E-state index is 5.73. The van der Waals surface area contributed by atoms with Crippen molar-refractivity contribution in [3.05, 3.63) is 18.0 Å². The summed E-state index contributed by atoms with van der Waals surface area (Å²) >= 11 is 3.12. The maximum atomic E-state index is 5.73. The molecule has 0 amide bonds. The van der Waals surface area contributed by atoms with Crippen LogP contribution in [0, 0.1) is 0 Å². The fraction of sp³-hybridized carbons (Fsp3) is 0.300. The highest BCUT2D eigenvalue weighted by Crippen LogP contribution is 2.40. The van der Waals surface area contributed by atoms with Crippen LogP contribution in [0.3, 0.4) is 0 Å². The zero-order valence-corrected chi connectivity index (χ0v) is 10.5. The van der Waals surface area contributed by atoms with Gasteiger partial charge in [-0.05, 0) is 25.0 Å². The predicted octanol–water partition coefficient (Wildman–Crippen LogP) is 2.37. The minimum Gasteiger partial charge on any atom is -0.391 e. The zero-order chi connectivity index (χ0) is 11.4. The molecule has 5 nitrogen and oxygen atoms in total. The number of rotatable bonds is 2. The van der Waals surface area contributed by atoms with Gasteiger partial charge in [0.1, 0.15) is 0 Å². The molecule has 0 aromatic carbocycles. The Balaban J connectivity index is 1.86. The SMILES string of the molecule is Nc1ccc(-c2nn3c(C4CC4)nnc3s2)s1. The largest absolute Gasteiger partial charge is 0.391 e. The quantitative estimate of drug-likeness (QED) is 0.770. The van der Waals surface area contributed by atoms with Crippen LogP contribution in [0.15, 0.2) is 12.1 Å². The highest BCUT2D eigenvalue weighted by Gasteiger charge is 2.30. The normalized spacial score (nSPS) is 15.8. The molecule has 3 heterocycles. The Hall–Kier alpha value is -1.47. The standard InChI is InChI=1S/C10H9N5S2/c11-7-4-3-6(16-7)9-14-15-8(5-1-2-5)12-13-10(15)17-9/h3-5H,1-2,11H2. The van der Waals surface area contributed by atoms with Gasteiger partial charge in [-0.1, -0.05) is 11.3 Å². The lowest BCUT2D eigenvalue weighted by Gasteiger charge is -1.89. The molecule has 86 valence electrons. The average molecular weight is 263 g/mol. The summed E-state index contributed by atoms with van der Waals surface area (Å²) in [6, 6.07) is 3.91. The van der Waals surface area contributed by atoms with Crippen molar-refractivity contribution in [2.24, 2.45) is 0 Å². The summed E-state index contributed by atoms with van der Waals surface area (Å²) in [6.45, 7) is 0. The molecule has 1 saturated carbocycles. The molecule has 0 spiro atoms. The Morgan fingerprint density at radius 2 is 2.12 bits per heavy atom. The molecule has 1 fully saturated rings. The number of nitrogen functional groups attached to an aromatic ring is 1. The van der Waals surface area contributed by atoms with Gasteiger partial charge < -0.3 is 5.73 Å². The fourth-order valence-corrected chi connectivity index (χ4v) is 3.47. The summed E-state index contributed by atoms with van der Waals surface area (Å²) in [5, 5.41) is 14.7. The van der Waals surface area contributed by atoms with Gasteiger partial charge in [-0.3, -0.25) is 0 Å². The molecule has 3 aromatic rings. The number of nitrogens with zero attached hydrogens (tertiary/aromatic N) is 4. The van der Waals surface area contributed by atoms with Crippen LogP contribution in [0.5, 0.6) is 0 Å². The first-order valence-corrected chi connectivity index (χ1v) is 7.02. The topological polar surface area (TPSA) is 69.1 Å². The molecule has 3 aromatic heterocycles. The van der Waals surface area contributed by atoms with Crippen molar-refractivity contribution in [1.29, 1.82) is 0 Å². The molecular weight excluding hydrogens is 254 g/mol. The smallest absolute Gasteiger partial charge is 0.235 e. The van der Waals surface area contributed by atoms with Gasteiger partial charge in [0.05, 0.1) is 9.88 Å². The van der Waals surface area contributed by atoms with Crippen LogP contribution < -0.4 is 5.73 Å². The summed E-state index contributed by atoms with van der Waals surface area (Å²) in [4.78, 5) is 1.97. The van der Waals surface area contributed by atoms with Crippen molar-refractivity contribution in [2.75, 3.05) is 5.73 Å². The second-order valence-corrected chi connectivity index (χ2v) is 6.21. The number of hydrogen-bond donors (Lipinski definition) is 1. The van der Waals surface area contributed by atoms with E-state index in [9.17, 15) is 0 Å². The van der Waals surface area contributed by atoms with Crippen LogP contribution in [0.1, 0.15) is 24.6 Å². The molecule has 0 radical (unpaired) electrons. The van der Waals surface area contributed by atoms with Crippen molar-refractivity contribution in [2.45, 2.75) is 18.8 Å². The number of anilines is 1. The summed E-state index contributed by atoms with van der Waals surface area (Å²) < 4.78 is 1.88. The van der Waals surface area contributed by atoms with Gasteiger partial charge in [-0.15, -0.1) is 21.5 Å². The molecule has 0 saturated heterocycles. The molecule has 4 rings (SSSR count). The molecule has 0 bridgehead atoms. The molecule has 7 heteroatoms. The Labute approximate surface area is 105 Å². The first-order chi connectivity index (χ1) is 8.31. The van der Waals surface area contributed by atoms with Crippen molar-refractivity contribution in [3.63, 3.8) is 0 Å². The van der Waals surface area contributed by atoms with E-state index in [-0.39, 0.29) is 0 Å². The average Bonchev–Trinajstić information content (AvgIpc) is 2.73. The van der Waals surface area contributed by atoms with Crippen LogP contribution in [-0.4, -0.2) is 19.8 Å². The minimum absolute atomic E-state index is 0.563. The van der Waals surface area contributed by atoms with Gasteiger partial charge >= 0.3 is 0 Å². The molecule has 2 N–H and O–H groups in total. The molecule has 0 aliphatic heterocycles. The molecular formula is C10H9N5S2. The van der Waals surface area contributed by atoms with Crippen LogP contribution in [0.2, 0.25) is 0 Å². The molecule has 0 atom stereocenters. The number of hydrogen-bond acceptors (Lipinski definition) is 6. The minimum atomic E-state index is 0.563. The number of aromatic nitrogens is 4. The summed E-state index contributed by atoms with van der Waals surface area (Å²) in [5.74, 6) is 1.57. The van der Waals surface area contributed by atoms with Crippen molar-refractivity contribution in [1.82, 2.24) is 19.8 Å². The third-order valence-corrected chi connectivity index (χ3v) is 4.78. The second kappa shape index (κ2) is 3.27. The van der Waals surface area contributed by atoms with E-state index < -0.39 is 0 Å². The van der Waals surface area contributed by atoms with Crippen LogP contribution in [0.25, 0.3) is 14.8 Å². The van der Waals surface area contributed by atoms with E-state index in [1.165, 1.54) is 12.8 Å². The monoisotopic (exact) mass is 263 g/mol. The third-order valence-electron chi connectivity index (χ3n) is 2.80. The highest BCUT2D eigenvalue weighted by atomic mass is 32.1. The van der Waals surface area contributed by atoms with E-state index in [0.717, 1.165) is 25.7 Å². The Morgan fingerprint density at radius 1 is 1.24 bits per heavy atom. The van der Waals surface area contributed by atoms with Gasteiger partial charge in [0.25, 0.3) is 0 Å². The maximum Gasteiger partial charge on any atom is 0.235 e. The van der Waals surface area contributed by atoms with E-state index in [1.54, 1.807) is 22.7 Å². The highest BCUT2D eigenvalue weighted by molar-refractivity contribution is 7.25. The van der Waals surface area contributed by atoms with Crippen molar-refractivity contribution < 1.29 is 0 Å². The van der Waals surface area contributed by atoms with E-state index in [0.29, 0.717) is 5.92 Å². The number of thiophene rings is 1. The predicted molar refractivity (Wildman–Crippen MR) is 68.4 cm³/mol. The van der Waals surface area contributed by atoms with Gasteiger partial charge in [0.2, 0.25) is 4.96 Å². The number of nitrogens with two attached hydrogens (primary N) is 1. The first-order valence-electron chi connectivity index (χ1n) is 5.39. The molecule has 0 unspecified atom stereocenters. The lowest BCUT2D eigenvalue weighted by atomic mass is 10.4. The first kappa shape index (κ1) is 9.55. The Kier molecular flexibility index (Phi) is 1.84. The number of fused-ring (bicyclic) bond motifs is 1. The zero-order valence-electron chi connectivity index (χ0n) is 8.83. The van der Waals surface area contributed by atoms with E-state index in [2.05, 4.69) is 15.3 Å². The fourth-order valence-electron chi connectivity index (χ4n) is 1.80. The Bertz CT molecular complexity index is 691. The van der Waals surface area contributed by atoms with Gasteiger partial charge in [-0.25, -0.2) is 0 Å². The van der Waals surface area contributed by atoms with Gasteiger partial charge in [0, 0.05) is 5.92 Å². The van der Waals surface area contributed by atoms with Crippen LogP contribution >= 0.6 is 22.7 Å². The van der Waals surface area contributed by atoms with Crippen molar-refractivity contribution >= 4 is 32.6 Å². The van der Waals surface area contributed by atoms with E-state index in [4.69, 9.17) is 5.73 Å². The van der Waals surface area contributed by atoms with E-state index in [1.807, 2.05) is 16.6 Å². The summed E-state index contributed by atoms with van der Waals surface area (Å²) in [5.41, 5.74) is 5.73. The van der Waals surface area contributed by atoms with Crippen LogP contribution in [-0.2, 0) is 0 Å². The molecule has 1 aliphatic carbocycles. The second-order valence-electron chi connectivity index (χ2n) is 4.14. The van der Waals surface area contributed by atoms with E-state index >= 15 is 0 Å². The van der Waals surface area contributed by atoms with Gasteiger partial charge in [-0.2, -0.15) is 9.61 Å². The lowest BCUT2D eigenvalue weighted by molar-refractivity contribution is 0.829. The molecule has 1 aliphatic rings. The van der Waals surface area contributed by atoms with Crippen molar-refractivity contribution in [3.8, 4) is 9.88 Å². The summed E-state index contributed by atoms with van der Waals surface area (Å²) in [6.07, 6.45) is 2.42. The third kappa shape index (κ3) is 1.46. The lowest BCUT2D eigenvalue weighted by Crippen LogP contribution is -1.92. The van der Waals surface area contributed by atoms with Crippen LogP contribution in [0.4, 0.5) is 5.00 Å². The van der Waals surface area contributed by atoms with Gasteiger partial charge in [0.15, 0.2) is 10.8 Å².